The van der Waals surface area contributed by atoms with Crippen LogP contribution in [0.15, 0.2) is 133 Å². The molecule has 174 valence electrons. The van der Waals surface area contributed by atoms with Gasteiger partial charge in [0.1, 0.15) is 0 Å². The highest BCUT2D eigenvalue weighted by Crippen LogP contribution is 2.34. The minimum Gasteiger partial charge on any atom is -0.309 e. The Labute approximate surface area is 214 Å². The SMILES string of the molecule is c1ccc(-c2nc(-c3ccccc3)nc(-c3ccc4c5ccccc5n(-c5ccccc5)c4c3)n2)cc1. The van der Waals surface area contributed by atoms with E-state index in [1.54, 1.807) is 0 Å². The highest BCUT2D eigenvalue weighted by Gasteiger charge is 2.16. The van der Waals surface area contributed by atoms with Crippen LogP contribution in [-0.2, 0) is 0 Å². The first-order valence-corrected chi connectivity index (χ1v) is 12.3. The third kappa shape index (κ3) is 3.76. The molecule has 0 aliphatic heterocycles. The Bertz CT molecular complexity index is 1800. The number of rotatable bonds is 4. The van der Waals surface area contributed by atoms with Crippen LogP contribution in [0, 0.1) is 0 Å². The molecule has 7 rings (SSSR count). The van der Waals surface area contributed by atoms with Crippen LogP contribution in [0.2, 0.25) is 0 Å². The fraction of sp³-hybridized carbons (Fsp3) is 0. The maximum atomic E-state index is 4.93. The monoisotopic (exact) mass is 474 g/mol. The smallest absolute Gasteiger partial charge is 0.164 e. The number of fused-ring (bicyclic) bond motifs is 3. The molecular formula is C33H22N4. The van der Waals surface area contributed by atoms with Gasteiger partial charge in [0.25, 0.3) is 0 Å². The zero-order chi connectivity index (χ0) is 24.6. The van der Waals surface area contributed by atoms with Gasteiger partial charge in [0.2, 0.25) is 0 Å². The van der Waals surface area contributed by atoms with E-state index in [2.05, 4.69) is 71.3 Å². The van der Waals surface area contributed by atoms with Crippen LogP contribution in [0.25, 0.3) is 61.7 Å². The largest absolute Gasteiger partial charge is 0.309 e. The predicted octanol–water partition coefficient (Wildman–Crippen LogP) is 7.97. The van der Waals surface area contributed by atoms with Crippen LogP contribution in [0.5, 0.6) is 0 Å². The minimum absolute atomic E-state index is 0.652. The van der Waals surface area contributed by atoms with E-state index in [-0.39, 0.29) is 0 Å². The van der Waals surface area contributed by atoms with Crippen LogP contribution in [0.1, 0.15) is 0 Å². The quantitative estimate of drug-likeness (QED) is 0.260. The summed E-state index contributed by atoms with van der Waals surface area (Å²) >= 11 is 0. The van der Waals surface area contributed by atoms with Crippen molar-refractivity contribution in [1.29, 1.82) is 0 Å². The molecule has 0 atom stereocenters. The number of para-hydroxylation sites is 2. The van der Waals surface area contributed by atoms with E-state index in [1.807, 2.05) is 66.7 Å². The molecule has 4 nitrogen and oxygen atoms in total. The normalized spacial score (nSPS) is 11.2. The molecule has 0 N–H and O–H groups in total. The summed E-state index contributed by atoms with van der Waals surface area (Å²) in [5.74, 6) is 1.97. The Balaban J connectivity index is 1.48. The second-order valence-corrected chi connectivity index (χ2v) is 8.96. The molecule has 0 bridgehead atoms. The molecule has 0 fully saturated rings. The summed E-state index contributed by atoms with van der Waals surface area (Å²) in [6, 6.07) is 45.7. The lowest BCUT2D eigenvalue weighted by Crippen LogP contribution is -2.00. The van der Waals surface area contributed by atoms with Crippen LogP contribution in [0.3, 0.4) is 0 Å². The maximum absolute atomic E-state index is 4.93. The highest BCUT2D eigenvalue weighted by atomic mass is 15.0. The lowest BCUT2D eigenvalue weighted by Gasteiger charge is -2.10. The van der Waals surface area contributed by atoms with Crippen molar-refractivity contribution in [3.8, 4) is 39.9 Å². The number of benzene rings is 5. The van der Waals surface area contributed by atoms with Gasteiger partial charge in [-0.3, -0.25) is 0 Å². The second kappa shape index (κ2) is 8.85. The zero-order valence-corrected chi connectivity index (χ0v) is 20.0. The molecule has 0 amide bonds. The number of hydrogen-bond donors (Lipinski definition) is 0. The number of aromatic nitrogens is 4. The van der Waals surface area contributed by atoms with Gasteiger partial charge in [0.05, 0.1) is 11.0 Å². The Morgan fingerprint density at radius 1 is 0.378 bits per heavy atom. The van der Waals surface area contributed by atoms with E-state index in [4.69, 9.17) is 15.0 Å². The van der Waals surface area contributed by atoms with Gasteiger partial charge in [-0.15, -0.1) is 0 Å². The fourth-order valence-corrected chi connectivity index (χ4v) is 4.90. The molecule has 0 spiro atoms. The van der Waals surface area contributed by atoms with Crippen molar-refractivity contribution >= 4 is 21.8 Å². The van der Waals surface area contributed by atoms with Gasteiger partial charge in [-0.25, -0.2) is 15.0 Å². The third-order valence-corrected chi connectivity index (χ3v) is 6.65. The summed E-state index contributed by atoms with van der Waals surface area (Å²) in [4.78, 5) is 14.7. The highest BCUT2D eigenvalue weighted by molar-refractivity contribution is 6.10. The molecule has 0 radical (unpaired) electrons. The van der Waals surface area contributed by atoms with E-state index in [1.165, 1.54) is 16.3 Å². The van der Waals surface area contributed by atoms with Gasteiger partial charge in [-0.1, -0.05) is 109 Å². The summed E-state index contributed by atoms with van der Waals surface area (Å²) in [5, 5.41) is 2.42. The molecule has 7 aromatic rings. The zero-order valence-electron chi connectivity index (χ0n) is 20.0. The van der Waals surface area contributed by atoms with Gasteiger partial charge in [-0.2, -0.15) is 0 Å². The van der Waals surface area contributed by atoms with Crippen molar-refractivity contribution in [1.82, 2.24) is 19.5 Å². The van der Waals surface area contributed by atoms with E-state index < -0.39 is 0 Å². The molecule has 4 heteroatoms. The summed E-state index contributed by atoms with van der Waals surface area (Å²) in [7, 11) is 0. The lowest BCUT2D eigenvalue weighted by atomic mass is 10.1. The van der Waals surface area contributed by atoms with Gasteiger partial charge >= 0.3 is 0 Å². The first-order valence-electron chi connectivity index (χ1n) is 12.3. The van der Waals surface area contributed by atoms with Crippen molar-refractivity contribution in [3.63, 3.8) is 0 Å². The molecule has 5 aromatic carbocycles. The van der Waals surface area contributed by atoms with Crippen molar-refractivity contribution < 1.29 is 0 Å². The lowest BCUT2D eigenvalue weighted by molar-refractivity contribution is 1.07. The first-order chi connectivity index (χ1) is 18.3. The van der Waals surface area contributed by atoms with Crippen molar-refractivity contribution in [2.24, 2.45) is 0 Å². The molecule has 0 unspecified atom stereocenters. The number of hydrogen-bond acceptors (Lipinski definition) is 3. The molecule has 0 saturated heterocycles. The Morgan fingerprint density at radius 2 is 0.865 bits per heavy atom. The third-order valence-electron chi connectivity index (χ3n) is 6.65. The second-order valence-electron chi connectivity index (χ2n) is 8.96. The summed E-state index contributed by atoms with van der Waals surface area (Å²) < 4.78 is 2.31. The molecule has 37 heavy (non-hydrogen) atoms. The van der Waals surface area contributed by atoms with E-state index in [0.717, 1.165) is 27.9 Å². The molecular weight excluding hydrogens is 452 g/mol. The molecule has 2 heterocycles. The van der Waals surface area contributed by atoms with Crippen LogP contribution < -0.4 is 0 Å². The standard InChI is InChI=1S/C33H22N4/c1-4-12-23(13-5-1)31-34-32(24-14-6-2-7-15-24)36-33(35-31)25-20-21-28-27-18-10-11-19-29(27)37(30(28)22-25)26-16-8-3-9-17-26/h1-22H. The maximum Gasteiger partial charge on any atom is 0.164 e. The van der Waals surface area contributed by atoms with Gasteiger partial charge in [0, 0.05) is 33.2 Å². The van der Waals surface area contributed by atoms with Gasteiger partial charge in [-0.05, 0) is 24.3 Å². The van der Waals surface area contributed by atoms with Gasteiger partial charge in [0.15, 0.2) is 17.5 Å². The molecule has 0 aliphatic carbocycles. The topological polar surface area (TPSA) is 43.6 Å². The van der Waals surface area contributed by atoms with Crippen molar-refractivity contribution in [3.05, 3.63) is 133 Å². The average molecular weight is 475 g/mol. The predicted molar refractivity (Wildman–Crippen MR) is 150 cm³/mol. The van der Waals surface area contributed by atoms with Crippen molar-refractivity contribution in [2.75, 3.05) is 0 Å². The molecule has 2 aromatic heterocycles. The van der Waals surface area contributed by atoms with E-state index in [0.29, 0.717) is 17.5 Å². The Hall–Kier alpha value is -5.09. The summed E-state index contributed by atoms with van der Waals surface area (Å²) in [5.41, 5.74) is 6.28. The van der Waals surface area contributed by atoms with E-state index in [9.17, 15) is 0 Å². The Kier molecular flexibility index (Phi) is 5.07. The van der Waals surface area contributed by atoms with Crippen LogP contribution in [-0.4, -0.2) is 19.5 Å². The van der Waals surface area contributed by atoms with Crippen LogP contribution in [0.4, 0.5) is 0 Å². The minimum atomic E-state index is 0.652. The first kappa shape index (κ1) is 21.2. The summed E-state index contributed by atoms with van der Waals surface area (Å²) in [6.45, 7) is 0. The average Bonchev–Trinajstić information content (AvgIpc) is 3.32. The van der Waals surface area contributed by atoms with Crippen molar-refractivity contribution in [2.45, 2.75) is 0 Å². The Morgan fingerprint density at radius 3 is 1.49 bits per heavy atom. The molecule has 0 aliphatic rings. The van der Waals surface area contributed by atoms with Crippen LogP contribution >= 0.6 is 0 Å². The number of nitrogens with zero attached hydrogens (tertiary/aromatic N) is 4. The van der Waals surface area contributed by atoms with Gasteiger partial charge < -0.3 is 4.57 Å². The summed E-state index contributed by atoms with van der Waals surface area (Å²) in [6.07, 6.45) is 0. The molecule has 0 saturated carbocycles. The van der Waals surface area contributed by atoms with E-state index >= 15 is 0 Å². The fourth-order valence-electron chi connectivity index (χ4n) is 4.90.